The smallest absolute Gasteiger partial charge is 0.216 e. The van der Waals surface area contributed by atoms with Crippen molar-refractivity contribution in [2.75, 3.05) is 52.9 Å². The van der Waals surface area contributed by atoms with Crippen molar-refractivity contribution < 1.29 is 14.0 Å². The molecule has 0 aromatic heterocycles. The lowest BCUT2D eigenvalue weighted by Gasteiger charge is -2.50. The number of carbonyl (C=O) groups excluding carboxylic acids is 1. The number of fused-ring (bicyclic) bond motifs is 4. The molecule has 0 spiro atoms. The van der Waals surface area contributed by atoms with Gasteiger partial charge in [-0.3, -0.25) is 9.69 Å². The first kappa shape index (κ1) is 14.7. The van der Waals surface area contributed by atoms with E-state index in [1.807, 2.05) is 36.4 Å². The summed E-state index contributed by atoms with van der Waals surface area (Å²) in [6, 6.07) is 12.0. The quantitative estimate of drug-likeness (QED) is 0.640. The van der Waals surface area contributed by atoms with E-state index in [1.54, 1.807) is 7.11 Å². The fraction of sp³-hybridized carbons (Fsp3) is 0.421. The second-order valence-corrected chi connectivity index (χ2v) is 6.86. The Morgan fingerprint density at radius 2 is 1.70 bits per heavy atom. The van der Waals surface area contributed by atoms with Gasteiger partial charge in [0.1, 0.15) is 12.3 Å². The van der Waals surface area contributed by atoms with Gasteiger partial charge in [-0.15, -0.1) is 0 Å². The van der Waals surface area contributed by atoms with E-state index < -0.39 is 0 Å². The van der Waals surface area contributed by atoms with Crippen LogP contribution in [0.2, 0.25) is 0 Å². The average molecular weight is 311 g/mol. The molecule has 0 aliphatic carbocycles. The number of Topliss-reactive ketones (excluding diaryl/α,β-unsaturated/α-hetero) is 1. The maximum Gasteiger partial charge on any atom is 0.216 e. The molecule has 0 amide bonds. The van der Waals surface area contributed by atoms with Crippen LogP contribution in [0.25, 0.3) is 10.8 Å². The Labute approximate surface area is 136 Å². The molecule has 2 bridgehead atoms. The first-order valence-corrected chi connectivity index (χ1v) is 8.36. The molecular weight excluding hydrogens is 288 g/mol. The van der Waals surface area contributed by atoms with Crippen molar-refractivity contribution in [3.63, 3.8) is 0 Å². The van der Waals surface area contributed by atoms with Gasteiger partial charge in [0.25, 0.3) is 0 Å². The van der Waals surface area contributed by atoms with Crippen LogP contribution in [0.1, 0.15) is 10.4 Å². The van der Waals surface area contributed by atoms with Crippen LogP contribution < -0.4 is 4.74 Å². The van der Waals surface area contributed by atoms with Gasteiger partial charge in [-0.1, -0.05) is 18.2 Å². The van der Waals surface area contributed by atoms with Gasteiger partial charge < -0.3 is 9.22 Å². The summed E-state index contributed by atoms with van der Waals surface area (Å²) in [5.74, 6) is 1.12. The molecule has 3 aliphatic rings. The molecule has 120 valence electrons. The molecule has 0 radical (unpaired) electrons. The highest BCUT2D eigenvalue weighted by molar-refractivity contribution is 6.00. The van der Waals surface area contributed by atoms with Gasteiger partial charge >= 0.3 is 0 Å². The minimum Gasteiger partial charge on any atom is -0.497 e. The number of methoxy groups -OCH3 is 1. The number of piperazine rings is 3. The Balaban J connectivity index is 1.57. The third kappa shape index (κ3) is 2.73. The highest BCUT2D eigenvalue weighted by atomic mass is 16.5. The Bertz CT molecular complexity index is 734. The van der Waals surface area contributed by atoms with Crippen molar-refractivity contribution in [2.24, 2.45) is 0 Å². The second kappa shape index (κ2) is 5.62. The number of benzene rings is 2. The van der Waals surface area contributed by atoms with E-state index >= 15 is 0 Å². The molecule has 4 heteroatoms. The van der Waals surface area contributed by atoms with Crippen LogP contribution in [0, 0.1) is 0 Å². The zero-order valence-electron chi connectivity index (χ0n) is 13.6. The standard InChI is InChI=1S/C19H23N2O2/c1-23-18-5-4-15-12-17(3-2-16(15)13-18)19(22)14-21-9-6-20(7-10-21)8-11-21/h2-5,12-13H,6-11,14H2,1H3/q+1. The topological polar surface area (TPSA) is 29.5 Å². The van der Waals surface area contributed by atoms with Gasteiger partial charge in [-0.05, 0) is 29.0 Å². The largest absolute Gasteiger partial charge is 0.497 e. The lowest BCUT2D eigenvalue weighted by molar-refractivity contribution is -0.933. The molecule has 0 N–H and O–H groups in total. The summed E-state index contributed by atoms with van der Waals surface area (Å²) < 4.78 is 6.24. The highest BCUT2D eigenvalue weighted by Crippen LogP contribution is 2.24. The summed E-state index contributed by atoms with van der Waals surface area (Å²) >= 11 is 0. The highest BCUT2D eigenvalue weighted by Gasteiger charge is 2.39. The monoisotopic (exact) mass is 311 g/mol. The van der Waals surface area contributed by atoms with E-state index in [2.05, 4.69) is 4.90 Å². The van der Waals surface area contributed by atoms with Gasteiger partial charge in [-0.25, -0.2) is 0 Å². The molecule has 2 aromatic carbocycles. The summed E-state index contributed by atoms with van der Waals surface area (Å²) in [7, 11) is 1.67. The number of quaternary nitrogens is 1. The molecule has 3 aliphatic heterocycles. The Hall–Kier alpha value is -1.91. The summed E-state index contributed by atoms with van der Waals surface area (Å²) in [6.07, 6.45) is 0. The first-order valence-electron chi connectivity index (χ1n) is 8.36. The van der Waals surface area contributed by atoms with E-state index in [4.69, 9.17) is 4.74 Å². The lowest BCUT2D eigenvalue weighted by atomic mass is 10.0. The third-order valence-corrected chi connectivity index (χ3v) is 5.52. The molecule has 23 heavy (non-hydrogen) atoms. The number of nitrogens with zero attached hydrogens (tertiary/aromatic N) is 2. The maximum absolute atomic E-state index is 12.8. The third-order valence-electron chi connectivity index (χ3n) is 5.52. The lowest BCUT2D eigenvalue weighted by Crippen LogP contribution is -2.68. The molecule has 4 nitrogen and oxygen atoms in total. The number of ketones is 1. The van der Waals surface area contributed by atoms with E-state index in [0.29, 0.717) is 6.54 Å². The van der Waals surface area contributed by atoms with Crippen LogP contribution in [0.4, 0.5) is 0 Å². The normalized spacial score (nSPS) is 26.4. The van der Waals surface area contributed by atoms with Crippen LogP contribution in [0.15, 0.2) is 36.4 Å². The summed E-state index contributed by atoms with van der Waals surface area (Å²) in [4.78, 5) is 15.3. The molecular formula is C19H23N2O2+. The molecule has 2 aromatic rings. The van der Waals surface area contributed by atoms with E-state index in [9.17, 15) is 4.79 Å². The van der Waals surface area contributed by atoms with Crippen molar-refractivity contribution in [1.82, 2.24) is 4.90 Å². The minimum absolute atomic E-state index is 0.276. The summed E-state index contributed by atoms with van der Waals surface area (Å²) in [5.41, 5.74) is 0.836. The zero-order valence-corrected chi connectivity index (χ0v) is 13.6. The predicted octanol–water partition coefficient (Wildman–Crippen LogP) is 2.18. The van der Waals surface area contributed by atoms with Crippen molar-refractivity contribution in [3.8, 4) is 5.75 Å². The average Bonchev–Trinajstić information content (AvgIpc) is 2.62. The number of hydrogen-bond donors (Lipinski definition) is 0. The van der Waals surface area contributed by atoms with Crippen LogP contribution in [0.3, 0.4) is 0 Å². The summed E-state index contributed by atoms with van der Waals surface area (Å²) in [6.45, 7) is 7.44. The first-order chi connectivity index (χ1) is 11.2. The van der Waals surface area contributed by atoms with Crippen molar-refractivity contribution >= 4 is 16.6 Å². The molecule has 3 heterocycles. The maximum atomic E-state index is 12.8. The van der Waals surface area contributed by atoms with Gasteiger partial charge in [0, 0.05) is 25.2 Å². The molecule has 0 unspecified atom stereocenters. The van der Waals surface area contributed by atoms with Gasteiger partial charge in [-0.2, -0.15) is 0 Å². The van der Waals surface area contributed by atoms with Crippen LogP contribution >= 0.6 is 0 Å². The van der Waals surface area contributed by atoms with Gasteiger partial charge in [0.05, 0.1) is 26.7 Å². The number of rotatable bonds is 4. The van der Waals surface area contributed by atoms with Gasteiger partial charge in [0.15, 0.2) is 0 Å². The van der Waals surface area contributed by atoms with Crippen molar-refractivity contribution in [2.45, 2.75) is 0 Å². The van der Waals surface area contributed by atoms with Crippen LogP contribution in [-0.4, -0.2) is 68.1 Å². The molecule has 0 atom stereocenters. The predicted molar refractivity (Wildman–Crippen MR) is 91.0 cm³/mol. The van der Waals surface area contributed by atoms with Crippen LogP contribution in [0.5, 0.6) is 5.75 Å². The fourth-order valence-electron chi connectivity index (χ4n) is 3.89. The Morgan fingerprint density at radius 3 is 2.39 bits per heavy atom. The molecule has 3 saturated heterocycles. The summed E-state index contributed by atoms with van der Waals surface area (Å²) in [5, 5.41) is 2.21. The Morgan fingerprint density at radius 1 is 1.04 bits per heavy atom. The second-order valence-electron chi connectivity index (χ2n) is 6.86. The number of carbonyl (C=O) groups is 1. The fourth-order valence-corrected chi connectivity index (χ4v) is 3.89. The van der Waals surface area contributed by atoms with Crippen LogP contribution in [-0.2, 0) is 0 Å². The SMILES string of the molecule is COc1ccc2cc(C(=O)C[N+]34CCN(CC3)CC4)ccc2c1. The number of hydrogen-bond acceptors (Lipinski definition) is 3. The van der Waals surface area contributed by atoms with Crippen molar-refractivity contribution in [3.05, 3.63) is 42.0 Å². The van der Waals surface area contributed by atoms with Crippen molar-refractivity contribution in [1.29, 1.82) is 0 Å². The molecule has 5 rings (SSSR count). The van der Waals surface area contributed by atoms with E-state index in [-0.39, 0.29) is 5.78 Å². The van der Waals surface area contributed by atoms with E-state index in [0.717, 1.165) is 65.8 Å². The zero-order chi connectivity index (χ0) is 15.9. The molecule has 0 saturated carbocycles. The Kier molecular flexibility index (Phi) is 3.58. The number of ether oxygens (including phenoxy) is 1. The van der Waals surface area contributed by atoms with Gasteiger partial charge in [0.2, 0.25) is 5.78 Å². The minimum atomic E-state index is 0.276. The molecule has 3 fully saturated rings. The van der Waals surface area contributed by atoms with E-state index in [1.165, 1.54) is 0 Å².